The molecule has 56 heavy (non-hydrogen) atoms. The summed E-state index contributed by atoms with van der Waals surface area (Å²) < 4.78 is 0. The first kappa shape index (κ1) is 32.0. The molecule has 1 heterocycles. The molecule has 0 saturated heterocycles. The third-order valence-electron chi connectivity index (χ3n) is 11.1. The Hall–Kier alpha value is -7.49. The molecule has 0 aliphatic carbocycles. The Kier molecular flexibility index (Phi) is 7.49. The largest absolute Gasteiger partial charge is 0.208 e. The molecule has 0 aliphatic heterocycles. The monoisotopic (exact) mass is 711 g/mol. The first-order valence-electron chi connectivity index (χ1n) is 19.0. The van der Waals surface area contributed by atoms with Crippen LogP contribution in [0.5, 0.6) is 0 Å². The first-order valence-corrected chi connectivity index (χ1v) is 19.0. The van der Waals surface area contributed by atoms with Crippen molar-refractivity contribution in [3.05, 3.63) is 200 Å². The van der Waals surface area contributed by atoms with E-state index in [0.717, 1.165) is 32.8 Å². The van der Waals surface area contributed by atoms with Crippen molar-refractivity contribution in [2.45, 2.75) is 0 Å². The first-order chi connectivity index (χ1) is 27.8. The standard InChI is InChI=1S/C53H33N3/c1-2-15-37(16-3-1)51-54-52(56-53(55-51)49-28-12-25-46-45(24-11-26-47(46)49)43-22-8-17-34-13-4-6-20-40(34)43)39-31-32-42-38(33-39)30-29-36-19-10-27-48(50(36)42)44-23-9-18-35-14-5-7-21-41(35)44/h1-33H. The quantitative estimate of drug-likeness (QED) is 0.167. The van der Waals surface area contributed by atoms with Crippen molar-refractivity contribution in [1.82, 2.24) is 15.0 Å². The molecule has 1 aromatic heterocycles. The van der Waals surface area contributed by atoms with Crippen LogP contribution in [0.2, 0.25) is 0 Å². The van der Waals surface area contributed by atoms with Crippen LogP contribution in [-0.2, 0) is 0 Å². The molecule has 0 saturated carbocycles. The van der Waals surface area contributed by atoms with E-state index >= 15 is 0 Å². The average molecular weight is 712 g/mol. The highest BCUT2D eigenvalue weighted by molar-refractivity contribution is 6.17. The molecule has 0 atom stereocenters. The van der Waals surface area contributed by atoms with Gasteiger partial charge in [0.1, 0.15) is 0 Å². The van der Waals surface area contributed by atoms with Crippen molar-refractivity contribution >= 4 is 53.9 Å². The Bertz CT molecular complexity index is 3300. The molecule has 0 N–H and O–H groups in total. The van der Waals surface area contributed by atoms with Crippen LogP contribution in [0.15, 0.2) is 200 Å². The van der Waals surface area contributed by atoms with Crippen LogP contribution < -0.4 is 0 Å². The fourth-order valence-corrected chi connectivity index (χ4v) is 8.48. The number of rotatable bonds is 5. The van der Waals surface area contributed by atoms with E-state index in [9.17, 15) is 0 Å². The lowest BCUT2D eigenvalue weighted by Gasteiger charge is -2.14. The van der Waals surface area contributed by atoms with Gasteiger partial charge in [0.2, 0.25) is 0 Å². The smallest absolute Gasteiger partial charge is 0.164 e. The highest BCUT2D eigenvalue weighted by atomic mass is 15.0. The van der Waals surface area contributed by atoms with Crippen molar-refractivity contribution in [3.8, 4) is 56.4 Å². The summed E-state index contributed by atoms with van der Waals surface area (Å²) in [6.45, 7) is 0. The van der Waals surface area contributed by atoms with Crippen LogP contribution in [0, 0.1) is 0 Å². The van der Waals surface area contributed by atoms with Gasteiger partial charge in [-0.25, -0.2) is 15.0 Å². The van der Waals surface area contributed by atoms with E-state index in [-0.39, 0.29) is 0 Å². The van der Waals surface area contributed by atoms with Gasteiger partial charge in [0.15, 0.2) is 17.5 Å². The van der Waals surface area contributed by atoms with Gasteiger partial charge >= 0.3 is 0 Å². The molecule has 0 bridgehead atoms. The van der Waals surface area contributed by atoms with Gasteiger partial charge in [-0.1, -0.05) is 194 Å². The van der Waals surface area contributed by atoms with Crippen LogP contribution in [0.4, 0.5) is 0 Å². The van der Waals surface area contributed by atoms with Crippen LogP contribution >= 0.6 is 0 Å². The number of nitrogens with zero attached hydrogens (tertiary/aromatic N) is 3. The van der Waals surface area contributed by atoms with Gasteiger partial charge in [-0.05, 0) is 82.2 Å². The van der Waals surface area contributed by atoms with Crippen molar-refractivity contribution in [3.63, 3.8) is 0 Å². The van der Waals surface area contributed by atoms with E-state index in [2.05, 4.69) is 182 Å². The van der Waals surface area contributed by atoms with Crippen molar-refractivity contribution in [1.29, 1.82) is 0 Å². The van der Waals surface area contributed by atoms with E-state index in [4.69, 9.17) is 15.0 Å². The van der Waals surface area contributed by atoms with Crippen LogP contribution in [0.3, 0.4) is 0 Å². The second kappa shape index (κ2) is 13.1. The Morgan fingerprint density at radius 1 is 0.232 bits per heavy atom. The molecule has 10 aromatic carbocycles. The minimum Gasteiger partial charge on any atom is -0.208 e. The zero-order chi connectivity index (χ0) is 37.0. The number of aromatic nitrogens is 3. The van der Waals surface area contributed by atoms with E-state index < -0.39 is 0 Å². The molecule has 3 heteroatoms. The fraction of sp³-hybridized carbons (Fsp3) is 0. The molecule has 0 radical (unpaired) electrons. The SMILES string of the molecule is c1ccc(-c2nc(-c3ccc4c(ccc5cccc(-c6cccc7ccccc67)c54)c3)nc(-c3cccc4c(-c5cccc6ccccc56)cccc34)n2)cc1. The van der Waals surface area contributed by atoms with Crippen LogP contribution in [0.25, 0.3) is 110 Å². The van der Waals surface area contributed by atoms with Gasteiger partial charge in [0, 0.05) is 16.7 Å². The highest BCUT2D eigenvalue weighted by Gasteiger charge is 2.17. The lowest BCUT2D eigenvalue weighted by Crippen LogP contribution is -2.00. The summed E-state index contributed by atoms with van der Waals surface area (Å²) in [6.07, 6.45) is 0. The normalized spacial score (nSPS) is 11.6. The minimum absolute atomic E-state index is 0.639. The molecule has 0 unspecified atom stereocenters. The number of benzene rings is 10. The number of hydrogen-bond acceptors (Lipinski definition) is 3. The second-order valence-corrected chi connectivity index (χ2v) is 14.3. The lowest BCUT2D eigenvalue weighted by atomic mass is 9.91. The summed E-state index contributed by atoms with van der Waals surface area (Å²) in [7, 11) is 0. The third-order valence-corrected chi connectivity index (χ3v) is 11.1. The van der Waals surface area contributed by atoms with Crippen LogP contribution in [0.1, 0.15) is 0 Å². The number of hydrogen-bond donors (Lipinski definition) is 0. The molecule has 3 nitrogen and oxygen atoms in total. The molecule has 0 spiro atoms. The Morgan fingerprint density at radius 2 is 0.696 bits per heavy atom. The molecule has 0 fully saturated rings. The average Bonchev–Trinajstić information content (AvgIpc) is 3.28. The van der Waals surface area contributed by atoms with Gasteiger partial charge in [-0.15, -0.1) is 0 Å². The lowest BCUT2D eigenvalue weighted by molar-refractivity contribution is 1.08. The molecular weight excluding hydrogens is 679 g/mol. The predicted octanol–water partition coefficient (Wildman–Crippen LogP) is 14.0. The predicted molar refractivity (Wildman–Crippen MR) is 235 cm³/mol. The molecule has 0 aliphatic rings. The molecule has 11 rings (SSSR count). The fourth-order valence-electron chi connectivity index (χ4n) is 8.48. The Labute approximate surface area is 324 Å². The Morgan fingerprint density at radius 3 is 1.41 bits per heavy atom. The van der Waals surface area contributed by atoms with Gasteiger partial charge in [0.05, 0.1) is 0 Å². The minimum atomic E-state index is 0.639. The second-order valence-electron chi connectivity index (χ2n) is 14.3. The maximum Gasteiger partial charge on any atom is 0.164 e. The van der Waals surface area contributed by atoms with E-state index in [1.807, 2.05) is 18.2 Å². The van der Waals surface area contributed by atoms with Gasteiger partial charge in [-0.3, -0.25) is 0 Å². The van der Waals surface area contributed by atoms with Gasteiger partial charge in [0.25, 0.3) is 0 Å². The summed E-state index contributed by atoms with van der Waals surface area (Å²) in [4.78, 5) is 15.5. The van der Waals surface area contributed by atoms with E-state index in [1.54, 1.807) is 0 Å². The zero-order valence-electron chi connectivity index (χ0n) is 30.4. The zero-order valence-corrected chi connectivity index (χ0v) is 30.4. The van der Waals surface area contributed by atoms with Crippen molar-refractivity contribution < 1.29 is 0 Å². The topological polar surface area (TPSA) is 38.7 Å². The summed E-state index contributed by atoms with van der Waals surface area (Å²) in [5.74, 6) is 1.93. The third kappa shape index (κ3) is 5.32. The summed E-state index contributed by atoms with van der Waals surface area (Å²) in [5, 5.41) is 12.0. The van der Waals surface area contributed by atoms with E-state index in [0.29, 0.717) is 17.5 Å². The molecule has 11 aromatic rings. The van der Waals surface area contributed by atoms with Crippen molar-refractivity contribution in [2.75, 3.05) is 0 Å². The maximum absolute atomic E-state index is 5.25. The van der Waals surface area contributed by atoms with Crippen molar-refractivity contribution in [2.24, 2.45) is 0 Å². The maximum atomic E-state index is 5.25. The molecular formula is C53H33N3. The van der Waals surface area contributed by atoms with Crippen LogP contribution in [-0.4, -0.2) is 15.0 Å². The van der Waals surface area contributed by atoms with Gasteiger partial charge in [-0.2, -0.15) is 0 Å². The van der Waals surface area contributed by atoms with E-state index in [1.165, 1.54) is 60.0 Å². The molecule has 0 amide bonds. The highest BCUT2D eigenvalue weighted by Crippen LogP contribution is 2.40. The van der Waals surface area contributed by atoms with Gasteiger partial charge < -0.3 is 0 Å². The number of fused-ring (bicyclic) bond motifs is 6. The molecule has 260 valence electrons. The Balaban J connectivity index is 1.10. The summed E-state index contributed by atoms with van der Waals surface area (Å²) in [5.41, 5.74) is 7.71. The summed E-state index contributed by atoms with van der Waals surface area (Å²) >= 11 is 0. The summed E-state index contributed by atoms with van der Waals surface area (Å²) in [6, 6.07) is 71.2.